The number of hydrogen-bond donors (Lipinski definition) is 0. The van der Waals surface area contributed by atoms with Gasteiger partial charge in [0, 0.05) is 0 Å². The van der Waals surface area contributed by atoms with Crippen LogP contribution in [0.25, 0.3) is 5.41 Å². The Kier molecular flexibility index (Phi) is 24.5. The van der Waals surface area contributed by atoms with Crippen LogP contribution in [0.3, 0.4) is 0 Å². The van der Waals surface area contributed by atoms with Gasteiger partial charge in [0.05, 0.1) is 26.7 Å². The van der Waals surface area contributed by atoms with Crippen molar-refractivity contribution < 1.29 is 4.48 Å². The summed E-state index contributed by atoms with van der Waals surface area (Å²) < 4.78 is 1.35. The molecule has 0 heterocycles. The number of quaternary nitrogens is 1. The first-order valence-corrected chi connectivity index (χ1v) is 11.9. The summed E-state index contributed by atoms with van der Waals surface area (Å²) in [6.07, 6.45) is 21.4. The van der Waals surface area contributed by atoms with Crippen LogP contribution in [0.15, 0.2) is 0 Å². The van der Waals surface area contributed by atoms with Crippen LogP contribution in [0.5, 0.6) is 0 Å². The topological polar surface area (TPSA) is 22.3 Å². The molecule has 0 aromatic rings. The maximum absolute atomic E-state index is 7.13. The quantitative estimate of drug-likeness (QED) is 0.101. The van der Waals surface area contributed by atoms with Crippen molar-refractivity contribution >= 4 is 17.4 Å². The SMILES string of the molecule is CCCCCCC[N+](C)(CCCCCCC)CCCCCCC.[N-]=C=S. The van der Waals surface area contributed by atoms with Gasteiger partial charge in [-0.1, -0.05) is 90.8 Å². The molecule has 0 spiro atoms. The van der Waals surface area contributed by atoms with Gasteiger partial charge in [0.15, 0.2) is 0 Å². The average Bonchev–Trinajstić information content (AvgIpc) is 2.62. The Balaban J connectivity index is 0. The van der Waals surface area contributed by atoms with Crippen molar-refractivity contribution in [3.63, 3.8) is 0 Å². The molecule has 0 bridgehead atoms. The van der Waals surface area contributed by atoms with Crippen LogP contribution >= 0.6 is 12.2 Å². The molecule has 0 atom stereocenters. The number of unbranched alkanes of at least 4 members (excludes halogenated alkanes) is 12. The molecule has 156 valence electrons. The predicted molar refractivity (Wildman–Crippen MR) is 123 cm³/mol. The van der Waals surface area contributed by atoms with Gasteiger partial charge in [-0.15, -0.1) is 0 Å². The lowest BCUT2D eigenvalue weighted by molar-refractivity contribution is -0.910. The minimum absolute atomic E-state index is 1.33. The van der Waals surface area contributed by atoms with E-state index in [0.717, 1.165) is 0 Å². The molecule has 0 aliphatic rings. The highest BCUT2D eigenvalue weighted by Crippen LogP contribution is 2.15. The molecular weight excluding hydrogens is 336 g/mol. The Bertz CT molecular complexity index is 263. The molecular formula is C23H48N2S. The molecule has 26 heavy (non-hydrogen) atoms. The molecule has 0 aromatic carbocycles. The normalized spacial score (nSPS) is 10.9. The summed E-state index contributed by atoms with van der Waals surface area (Å²) in [5, 5.41) is 8.47. The largest absolute Gasteiger partial charge is 0.753 e. The summed E-state index contributed by atoms with van der Waals surface area (Å²) in [5.41, 5.74) is 0. The Morgan fingerprint density at radius 2 is 0.808 bits per heavy atom. The van der Waals surface area contributed by atoms with Crippen molar-refractivity contribution in [2.75, 3.05) is 26.7 Å². The first-order chi connectivity index (χ1) is 12.6. The Morgan fingerprint density at radius 3 is 1.04 bits per heavy atom. The summed E-state index contributed by atoms with van der Waals surface area (Å²) in [6.45, 7) is 11.2. The minimum atomic E-state index is 1.33. The molecule has 0 aliphatic carbocycles. The Hall–Kier alpha value is -0.240. The van der Waals surface area contributed by atoms with E-state index in [2.05, 4.69) is 40.0 Å². The first kappa shape index (κ1) is 28.0. The van der Waals surface area contributed by atoms with Crippen molar-refractivity contribution in [1.82, 2.24) is 0 Å². The average molecular weight is 385 g/mol. The number of nitrogens with zero attached hydrogens (tertiary/aromatic N) is 2. The Morgan fingerprint density at radius 1 is 0.577 bits per heavy atom. The van der Waals surface area contributed by atoms with Crippen LogP contribution in [-0.2, 0) is 0 Å². The van der Waals surface area contributed by atoms with E-state index in [1.54, 1.807) is 0 Å². The lowest BCUT2D eigenvalue weighted by atomic mass is 10.1. The second-order valence-corrected chi connectivity index (χ2v) is 8.31. The monoisotopic (exact) mass is 384 g/mol. The van der Waals surface area contributed by atoms with Crippen molar-refractivity contribution in [3.05, 3.63) is 5.41 Å². The van der Waals surface area contributed by atoms with E-state index >= 15 is 0 Å². The second-order valence-electron chi connectivity index (χ2n) is 8.12. The number of thiocarbonyl (C=S) groups is 1. The molecule has 0 aromatic heterocycles. The maximum atomic E-state index is 7.13. The zero-order chi connectivity index (χ0) is 19.9. The van der Waals surface area contributed by atoms with E-state index in [0.29, 0.717) is 0 Å². The molecule has 0 aliphatic heterocycles. The number of hydrogen-bond acceptors (Lipinski definition) is 1. The summed E-state index contributed by atoms with van der Waals surface area (Å²) in [6, 6.07) is 0. The third-order valence-electron chi connectivity index (χ3n) is 5.40. The predicted octanol–water partition coefficient (Wildman–Crippen LogP) is 8.00. The van der Waals surface area contributed by atoms with Gasteiger partial charge in [0.25, 0.3) is 0 Å². The van der Waals surface area contributed by atoms with Gasteiger partial charge in [-0.2, -0.15) is 5.16 Å². The van der Waals surface area contributed by atoms with Gasteiger partial charge in [0.1, 0.15) is 0 Å². The molecule has 0 N–H and O–H groups in total. The molecule has 0 rings (SSSR count). The van der Waals surface area contributed by atoms with Crippen LogP contribution in [0.4, 0.5) is 0 Å². The van der Waals surface area contributed by atoms with Crippen LogP contribution in [-0.4, -0.2) is 36.3 Å². The van der Waals surface area contributed by atoms with Crippen LogP contribution in [0.1, 0.15) is 117 Å². The van der Waals surface area contributed by atoms with Crippen LogP contribution in [0, 0.1) is 0 Å². The minimum Gasteiger partial charge on any atom is -0.753 e. The molecule has 0 amide bonds. The van der Waals surface area contributed by atoms with Crippen LogP contribution in [0.2, 0.25) is 0 Å². The fourth-order valence-electron chi connectivity index (χ4n) is 3.63. The van der Waals surface area contributed by atoms with Crippen molar-refractivity contribution in [1.29, 1.82) is 0 Å². The molecule has 0 unspecified atom stereocenters. The summed E-state index contributed by atoms with van der Waals surface area (Å²) in [7, 11) is 2.54. The lowest BCUT2D eigenvalue weighted by Crippen LogP contribution is -2.46. The number of rotatable bonds is 18. The van der Waals surface area contributed by atoms with E-state index in [4.69, 9.17) is 5.41 Å². The van der Waals surface area contributed by atoms with Crippen molar-refractivity contribution in [2.24, 2.45) is 0 Å². The fraction of sp³-hybridized carbons (Fsp3) is 0.957. The lowest BCUT2D eigenvalue weighted by Gasteiger charge is -2.35. The second kappa shape index (κ2) is 22.8. The maximum Gasteiger partial charge on any atom is 0.0784 e. The smallest absolute Gasteiger partial charge is 0.0784 e. The zero-order valence-corrected chi connectivity index (χ0v) is 19.3. The van der Waals surface area contributed by atoms with E-state index in [1.807, 2.05) is 0 Å². The molecule has 0 saturated carbocycles. The first-order valence-electron chi connectivity index (χ1n) is 11.4. The highest BCUT2D eigenvalue weighted by atomic mass is 32.1. The molecule has 0 saturated heterocycles. The Labute approximate surface area is 171 Å². The highest BCUT2D eigenvalue weighted by Gasteiger charge is 2.19. The zero-order valence-electron chi connectivity index (χ0n) is 18.5. The molecule has 0 fully saturated rings. The van der Waals surface area contributed by atoms with Gasteiger partial charge >= 0.3 is 0 Å². The third-order valence-corrected chi connectivity index (χ3v) is 5.40. The van der Waals surface area contributed by atoms with Gasteiger partial charge in [-0.25, -0.2) is 0 Å². The van der Waals surface area contributed by atoms with Crippen LogP contribution < -0.4 is 0 Å². The van der Waals surface area contributed by atoms with Gasteiger partial charge < -0.3 is 9.89 Å². The van der Waals surface area contributed by atoms with Gasteiger partial charge in [-0.05, 0) is 38.5 Å². The van der Waals surface area contributed by atoms with E-state index in [-0.39, 0.29) is 0 Å². The summed E-state index contributed by atoms with van der Waals surface area (Å²) >= 11 is 3.70. The van der Waals surface area contributed by atoms with Crippen molar-refractivity contribution in [2.45, 2.75) is 117 Å². The van der Waals surface area contributed by atoms with E-state index < -0.39 is 0 Å². The molecule has 2 nitrogen and oxygen atoms in total. The molecule has 0 radical (unpaired) electrons. The summed E-state index contributed by atoms with van der Waals surface area (Å²) in [5.74, 6) is 0. The number of isothiocyanates is 1. The highest BCUT2D eigenvalue weighted by molar-refractivity contribution is 7.78. The fourth-order valence-corrected chi connectivity index (χ4v) is 3.63. The summed E-state index contributed by atoms with van der Waals surface area (Å²) in [4.78, 5) is 0. The van der Waals surface area contributed by atoms with Crippen molar-refractivity contribution in [3.8, 4) is 0 Å². The van der Waals surface area contributed by atoms with E-state index in [9.17, 15) is 0 Å². The van der Waals surface area contributed by atoms with E-state index in [1.165, 1.54) is 126 Å². The van der Waals surface area contributed by atoms with Gasteiger partial charge in [0.2, 0.25) is 0 Å². The molecule has 3 heteroatoms. The third kappa shape index (κ3) is 21.8. The standard InChI is InChI=1S/C22H48N.CNS/c1-5-8-11-14-17-20-23(4,21-18-15-12-9-6-2)22-19-16-13-10-7-3;2-1-3/h5-22H2,1-4H3;/q+1;-1. The van der Waals surface area contributed by atoms with Gasteiger partial charge in [-0.3, -0.25) is 0 Å².